The summed E-state index contributed by atoms with van der Waals surface area (Å²) in [5.41, 5.74) is 0. The second-order valence-corrected chi connectivity index (χ2v) is 23.2. The maximum atomic E-state index is 11.4. The summed E-state index contributed by atoms with van der Waals surface area (Å²) in [6.45, 7) is -8.64. The highest BCUT2D eigenvalue weighted by Gasteiger charge is 2.60. The fourth-order valence-corrected chi connectivity index (χ4v) is 11.9. The van der Waals surface area contributed by atoms with Gasteiger partial charge in [-0.1, -0.05) is 0 Å². The van der Waals surface area contributed by atoms with Gasteiger partial charge in [-0.05, 0) is 0 Å². The summed E-state index contributed by atoms with van der Waals surface area (Å²) in [6.07, 6.45) is -82.0. The Kier molecular flexibility index (Phi) is 27.3. The Labute approximate surface area is 519 Å². The molecule has 40 atom stereocenters. The van der Waals surface area contributed by atoms with Gasteiger partial charge in [0.25, 0.3) is 11.0 Å². The molecule has 43 nitrogen and oxygen atoms in total. The van der Waals surface area contributed by atoms with Crippen molar-refractivity contribution in [1.29, 1.82) is 0 Å². The van der Waals surface area contributed by atoms with Crippen LogP contribution >= 0.6 is 0 Å². The van der Waals surface area contributed by atoms with E-state index < -0.39 is 309 Å². The molecule has 538 valence electrons. The fraction of sp³-hybridized carbons (Fsp3) is 1.00. The summed E-state index contributed by atoms with van der Waals surface area (Å²) in [5, 5.41) is 265. The Morgan fingerprint density at radius 2 is 0.272 bits per heavy atom. The van der Waals surface area contributed by atoms with E-state index in [4.69, 9.17) is 88.8 Å². The molecule has 0 saturated carbocycles. The minimum Gasteiger partial charge on any atom is -0.394 e. The van der Waals surface area contributed by atoms with Crippen LogP contribution in [0.4, 0.5) is 0 Å². The van der Waals surface area contributed by atoms with Crippen molar-refractivity contribution in [2.24, 2.45) is 0 Å². The average Bonchev–Trinajstić information content (AvgIpc) is 1.19. The van der Waals surface area contributed by atoms with Crippen LogP contribution in [-0.2, 0) is 86.8 Å². The zero-order chi connectivity index (χ0) is 67.6. The second kappa shape index (κ2) is 33.0. The predicted octanol–water partition coefficient (Wildman–Crippen LogP) is -18.3. The van der Waals surface area contributed by atoms with Crippen LogP contribution in [0, 0.1) is 0 Å². The van der Waals surface area contributed by atoms with E-state index in [1.807, 2.05) is 0 Å². The molecule has 0 radical (unpaired) electrons. The summed E-state index contributed by atoms with van der Waals surface area (Å²) in [5.74, 6) is 0. The lowest BCUT2D eigenvalue weighted by Crippen LogP contribution is -2.69. The van der Waals surface area contributed by atoms with Crippen LogP contribution in [0.2, 0.25) is 0 Å². The molecular weight excluding hydrogens is 1300 g/mol. The van der Waals surface area contributed by atoms with Gasteiger partial charge in [0.05, 0.1) is 52.9 Å². The summed E-state index contributed by atoms with van der Waals surface area (Å²) in [6, 6.07) is 0. The molecule has 30 aliphatic rings. The number of rotatable bonds is 8. The van der Waals surface area contributed by atoms with Crippen molar-refractivity contribution in [2.45, 2.75) is 246 Å². The van der Waals surface area contributed by atoms with E-state index in [9.17, 15) is 123 Å². The largest absolute Gasteiger partial charge is 0.394 e. The average molecular weight is 1380 g/mol. The van der Waals surface area contributed by atoms with Gasteiger partial charge in [-0.25, -0.2) is 8.42 Å². The highest BCUT2D eigenvalue weighted by atomic mass is 32.2. The number of ether oxygens (including phenoxy) is 16. The lowest BCUT2D eigenvalue weighted by Gasteiger charge is -2.50. The molecule has 0 aromatic carbocycles. The molecule has 92 heavy (non-hydrogen) atoms. The third kappa shape index (κ3) is 15.8. The van der Waals surface area contributed by atoms with Gasteiger partial charge in [-0.15, -0.1) is 0 Å². The molecule has 30 aliphatic heterocycles. The summed E-state index contributed by atoms with van der Waals surface area (Å²) < 4.78 is 115. The number of hydrogen-bond donors (Lipinski definition) is 26. The van der Waals surface area contributed by atoms with Gasteiger partial charge in [0.1, 0.15) is 195 Å². The van der Waals surface area contributed by atoms with E-state index in [1.165, 1.54) is 0 Å². The lowest BCUT2D eigenvalue weighted by atomic mass is 9.94. The van der Waals surface area contributed by atoms with E-state index in [2.05, 4.69) is 0 Å². The molecule has 44 heteroatoms. The van der Waals surface area contributed by atoms with Crippen LogP contribution in [-0.4, -0.2) is 434 Å². The van der Waals surface area contributed by atoms with Crippen molar-refractivity contribution in [1.82, 2.24) is 0 Å². The lowest BCUT2D eigenvalue weighted by molar-refractivity contribution is -0.404. The van der Waals surface area contributed by atoms with Gasteiger partial charge >= 0.3 is 0 Å². The SMILES string of the molecule is O=[SH](=O)O.OC[C@H]1O[C@@H]2O[C@H]3[C@H](O)[C@@H](O)[C@@H](O[C@H]4[C@H](O)[C@@H](O)[C@@H](O[C@H]5[C@H](O)[C@@H](O)[C@@H](O[C@H]6[C@H](O)[C@@H](O)[C@@H](O[C@H]7[C@H](O)[C@@H](O)[C@@H](O[C@H]8[C@H](O)[C@@H](O)[C@@H](O[C@H]9[C@H](O)[C@@H](O)[C@@H](O[C@H]1[C@H](O)[C@H]2O)O[C@@H]9CO)O[C@@H]8CO)O[C@@H]7CO)O[C@@H]6CO)O[C@@H]5CO)O[C@@H]4CO)O[C@@H]3CO. The van der Waals surface area contributed by atoms with Gasteiger partial charge in [-0.2, -0.15) is 0 Å². The Bertz CT molecular complexity index is 1870. The number of hydrogen-bond acceptors (Lipinski definition) is 42. The molecule has 30 rings (SSSR count). The first-order chi connectivity index (χ1) is 43.6. The molecule has 16 bridgehead atoms. The van der Waals surface area contributed by atoms with Gasteiger partial charge in [0.2, 0.25) is 0 Å². The molecule has 30 fully saturated rings. The molecule has 30 saturated heterocycles. The third-order valence-corrected chi connectivity index (χ3v) is 16.9. The van der Waals surface area contributed by atoms with Gasteiger partial charge in [0, 0.05) is 0 Å². The molecule has 0 unspecified atom stereocenters. The summed E-state index contributed by atoms with van der Waals surface area (Å²) in [7, 11) is -3.12. The molecule has 30 heterocycles. The van der Waals surface area contributed by atoms with Crippen molar-refractivity contribution in [3.8, 4) is 0 Å². The Morgan fingerprint density at radius 1 is 0.185 bits per heavy atom. The van der Waals surface area contributed by atoms with Crippen molar-refractivity contribution in [3.05, 3.63) is 0 Å². The number of aliphatic hydroxyl groups excluding tert-OH is 24. The van der Waals surface area contributed by atoms with Crippen LogP contribution in [0.3, 0.4) is 0 Å². The normalized spacial score (nSPS) is 53.3. The molecule has 25 N–H and O–H groups in total. The van der Waals surface area contributed by atoms with Crippen molar-refractivity contribution < 1.29 is 211 Å². The van der Waals surface area contributed by atoms with E-state index in [1.54, 1.807) is 0 Å². The zero-order valence-electron chi connectivity index (χ0n) is 47.7. The van der Waals surface area contributed by atoms with Crippen molar-refractivity contribution in [3.63, 3.8) is 0 Å². The molecular formula is C48H82O43S. The third-order valence-electron chi connectivity index (χ3n) is 16.9. The smallest absolute Gasteiger partial charge is 0.254 e. The highest BCUT2D eigenvalue weighted by Crippen LogP contribution is 2.40. The van der Waals surface area contributed by atoms with Crippen LogP contribution in [0.1, 0.15) is 0 Å². The molecule has 0 aromatic heterocycles. The second-order valence-electron chi connectivity index (χ2n) is 22.7. The first kappa shape index (κ1) is 76.1. The minimum absolute atomic E-state index is 1.08. The first-order valence-electron chi connectivity index (χ1n) is 28.7. The van der Waals surface area contributed by atoms with Gasteiger partial charge in [-0.3, -0.25) is 4.55 Å². The summed E-state index contributed by atoms with van der Waals surface area (Å²) >= 11 is 0. The Balaban J connectivity index is 0.00000264. The van der Waals surface area contributed by atoms with Gasteiger partial charge < -0.3 is 198 Å². The van der Waals surface area contributed by atoms with Crippen LogP contribution in [0.15, 0.2) is 0 Å². The maximum absolute atomic E-state index is 11.4. The van der Waals surface area contributed by atoms with Crippen LogP contribution in [0.5, 0.6) is 0 Å². The molecule has 0 spiro atoms. The van der Waals surface area contributed by atoms with Crippen LogP contribution < -0.4 is 0 Å². The van der Waals surface area contributed by atoms with Crippen molar-refractivity contribution in [2.75, 3.05) is 52.9 Å². The van der Waals surface area contributed by atoms with Gasteiger partial charge in [0.15, 0.2) is 50.3 Å². The maximum Gasteiger partial charge on any atom is 0.254 e. The highest BCUT2D eigenvalue weighted by molar-refractivity contribution is 7.66. The molecule has 0 amide bonds. The minimum atomic E-state index is -3.12. The molecule has 0 aromatic rings. The quantitative estimate of drug-likeness (QED) is 0.0793. The van der Waals surface area contributed by atoms with Crippen LogP contribution in [0.25, 0.3) is 0 Å². The zero-order valence-corrected chi connectivity index (χ0v) is 48.6. The Hall–Kier alpha value is -1.69. The van der Waals surface area contributed by atoms with E-state index in [0.29, 0.717) is 0 Å². The fourth-order valence-electron chi connectivity index (χ4n) is 11.9. The van der Waals surface area contributed by atoms with E-state index in [-0.39, 0.29) is 0 Å². The number of aliphatic hydroxyl groups is 24. The first-order valence-corrected chi connectivity index (χ1v) is 29.8. The van der Waals surface area contributed by atoms with Crippen molar-refractivity contribution >= 4 is 11.0 Å². The standard InChI is InChI=1S/C48H80O40.H2O3S/c49-1-9-33-17(57)25(65)41(73-9)82-34-10(2-50)75-43(27(67)19(34)59)84-36-12(4-52)77-45(29(69)21(36)61)86-38-14(6-54)79-47(31(71)23(38)63)88-40-16(8-56)80-48(32(72)24(40)64)87-39-15(7-55)78-46(30(70)22(39)62)85-37-13(5-53)76-44(28(68)20(37)60)83-35-11(3-51)74-42(81-33)26(66)18(35)58;1-4(2)3/h9-72H,1-8H2;4H,(H,1,2,3)/t9-,10-,11-,12-,13-,14-,15-,16-,17-,18-,19-,20-,21-,22-,23-,24-,25-,26-,27-,28-,29-,30-,31-,32-,33-,34-,35-,36-,37-,38-,39-,40-,41-,42-,43-,44-,45-,46-,47-,48-;/m1./s1. The summed E-state index contributed by atoms with van der Waals surface area (Å²) in [4.78, 5) is 0. The number of thiol groups is 1. The van der Waals surface area contributed by atoms with E-state index >= 15 is 0 Å². The topological polar surface area (TPSA) is 688 Å². The van der Waals surface area contributed by atoms with E-state index in [0.717, 1.165) is 0 Å². The predicted molar refractivity (Wildman–Crippen MR) is 274 cm³/mol. The Morgan fingerprint density at radius 3 is 0.348 bits per heavy atom. The monoisotopic (exact) mass is 1380 g/mol. The molecule has 0 aliphatic carbocycles.